The van der Waals surface area contributed by atoms with Gasteiger partial charge in [0.05, 0.1) is 35.5 Å². The first-order valence-electron chi connectivity index (χ1n) is 13.5. The number of fused-ring (bicyclic) bond motifs is 3. The molecule has 0 aliphatic carbocycles. The normalized spacial score (nSPS) is 41.4. The minimum atomic E-state index is -3.38. The highest BCUT2D eigenvalue weighted by atomic mass is 32.2. The lowest BCUT2D eigenvalue weighted by molar-refractivity contribution is -0.128. The van der Waals surface area contributed by atoms with E-state index in [4.69, 9.17) is 5.73 Å². The number of nitrogens with one attached hydrogen (secondary N) is 3. The standard InChI is InChI=1S/C24H43F2N7O3S/c1-14-10-19-21(23(27)30-18(14)5-4-15(25)11-29-19)24(34)31-20-13-28-12-17(26)22(20)33-8-6-16(7-9-33)37(35,36)32(2)3/h11,14-23,28,30H,4-10,12-13,27H2,1-3H3,(H,31,34)/b29-11-. The Bertz CT molecular complexity index is 931. The Labute approximate surface area is 219 Å². The molecule has 13 heteroatoms. The molecular formula is C24H43F2N7O3S. The number of alkyl halides is 2. The monoisotopic (exact) mass is 547 g/mol. The molecule has 0 radical (unpaired) electrons. The van der Waals surface area contributed by atoms with Crippen molar-refractivity contribution in [1.82, 2.24) is 25.2 Å². The third-order valence-corrected chi connectivity index (χ3v) is 11.0. The van der Waals surface area contributed by atoms with E-state index in [2.05, 4.69) is 27.9 Å². The van der Waals surface area contributed by atoms with Crippen LogP contribution in [0.25, 0.3) is 0 Å². The number of hydrogen-bond acceptors (Lipinski definition) is 8. The molecule has 10 nitrogen and oxygen atoms in total. The van der Waals surface area contributed by atoms with Gasteiger partial charge in [0.15, 0.2) is 0 Å². The van der Waals surface area contributed by atoms with Crippen LogP contribution in [0, 0.1) is 11.8 Å². The summed E-state index contributed by atoms with van der Waals surface area (Å²) in [4.78, 5) is 20.1. The van der Waals surface area contributed by atoms with Crippen LogP contribution in [-0.4, -0.2) is 118 Å². The molecule has 3 fully saturated rings. The second kappa shape index (κ2) is 11.9. The quantitative estimate of drug-likeness (QED) is 0.369. The zero-order valence-corrected chi connectivity index (χ0v) is 22.8. The van der Waals surface area contributed by atoms with E-state index in [1.165, 1.54) is 24.6 Å². The summed E-state index contributed by atoms with van der Waals surface area (Å²) in [7, 11) is -0.318. The smallest absolute Gasteiger partial charge is 0.228 e. The molecule has 9 unspecified atom stereocenters. The molecule has 0 aromatic rings. The lowest BCUT2D eigenvalue weighted by Gasteiger charge is -2.45. The molecule has 0 spiro atoms. The Morgan fingerprint density at radius 1 is 1.16 bits per heavy atom. The fourth-order valence-electron chi connectivity index (χ4n) is 6.46. The average Bonchev–Trinajstić information content (AvgIpc) is 2.92. The first kappa shape index (κ1) is 28.8. The Morgan fingerprint density at radius 2 is 1.86 bits per heavy atom. The third kappa shape index (κ3) is 6.33. The number of nitrogens with two attached hydrogens (primary N) is 1. The Kier molecular flexibility index (Phi) is 9.22. The molecule has 37 heavy (non-hydrogen) atoms. The third-order valence-electron chi connectivity index (χ3n) is 8.65. The number of rotatable bonds is 5. The van der Waals surface area contributed by atoms with Crippen LogP contribution < -0.4 is 21.7 Å². The van der Waals surface area contributed by atoms with Gasteiger partial charge in [-0.1, -0.05) is 6.92 Å². The summed E-state index contributed by atoms with van der Waals surface area (Å²) in [5.74, 6) is -0.858. The maximum absolute atomic E-state index is 15.3. The molecule has 4 rings (SSSR count). The number of likely N-dealkylation sites (tertiary alicyclic amines) is 1. The number of amides is 1. The van der Waals surface area contributed by atoms with E-state index < -0.39 is 57.8 Å². The largest absolute Gasteiger partial charge is 0.350 e. The fourth-order valence-corrected chi connectivity index (χ4v) is 7.86. The Balaban J connectivity index is 1.48. The molecule has 4 aliphatic rings. The molecule has 4 aliphatic heterocycles. The van der Waals surface area contributed by atoms with Crippen LogP contribution in [0.5, 0.6) is 0 Å². The highest BCUT2D eigenvalue weighted by Gasteiger charge is 2.45. The minimum Gasteiger partial charge on any atom is -0.350 e. The molecule has 2 bridgehead atoms. The molecule has 0 aromatic carbocycles. The number of piperidine rings is 2. The maximum Gasteiger partial charge on any atom is 0.228 e. The van der Waals surface area contributed by atoms with Crippen molar-refractivity contribution >= 4 is 22.1 Å². The van der Waals surface area contributed by atoms with Gasteiger partial charge in [-0.05, 0) is 51.1 Å². The molecule has 4 heterocycles. The van der Waals surface area contributed by atoms with Crippen molar-refractivity contribution in [1.29, 1.82) is 0 Å². The van der Waals surface area contributed by atoms with Crippen molar-refractivity contribution in [3.63, 3.8) is 0 Å². The van der Waals surface area contributed by atoms with Gasteiger partial charge in [0, 0.05) is 39.4 Å². The van der Waals surface area contributed by atoms with E-state index in [-0.39, 0.29) is 24.4 Å². The van der Waals surface area contributed by atoms with E-state index in [1.54, 1.807) is 0 Å². The molecule has 1 amide bonds. The average molecular weight is 548 g/mol. The lowest BCUT2D eigenvalue weighted by atomic mass is 9.88. The zero-order chi connectivity index (χ0) is 26.9. The van der Waals surface area contributed by atoms with Gasteiger partial charge in [-0.2, -0.15) is 0 Å². The maximum atomic E-state index is 15.3. The van der Waals surface area contributed by atoms with E-state index in [0.29, 0.717) is 51.7 Å². The van der Waals surface area contributed by atoms with Crippen molar-refractivity contribution in [2.75, 3.05) is 40.3 Å². The van der Waals surface area contributed by atoms with Gasteiger partial charge in [0.1, 0.15) is 12.3 Å². The minimum absolute atomic E-state index is 0.00527. The van der Waals surface area contributed by atoms with Crippen LogP contribution in [0.1, 0.15) is 39.0 Å². The summed E-state index contributed by atoms with van der Waals surface area (Å²) < 4.78 is 55.9. The molecule has 3 saturated heterocycles. The highest BCUT2D eigenvalue weighted by Crippen LogP contribution is 2.30. The predicted octanol–water partition coefficient (Wildman–Crippen LogP) is -0.393. The number of halogens is 2. The molecule has 5 N–H and O–H groups in total. The Hall–Kier alpha value is -1.25. The van der Waals surface area contributed by atoms with Crippen molar-refractivity contribution in [2.45, 2.75) is 87.0 Å². The van der Waals surface area contributed by atoms with E-state index >= 15 is 4.39 Å². The van der Waals surface area contributed by atoms with Gasteiger partial charge in [-0.15, -0.1) is 0 Å². The summed E-state index contributed by atoms with van der Waals surface area (Å²) in [6.07, 6.45) is 0.682. The fraction of sp³-hybridized carbons (Fsp3) is 0.917. The summed E-state index contributed by atoms with van der Waals surface area (Å²) in [5, 5.41) is 8.97. The van der Waals surface area contributed by atoms with Crippen LogP contribution in [-0.2, 0) is 14.8 Å². The highest BCUT2D eigenvalue weighted by molar-refractivity contribution is 7.89. The first-order valence-corrected chi connectivity index (χ1v) is 15.0. The second-order valence-electron chi connectivity index (χ2n) is 11.3. The topological polar surface area (TPSA) is 132 Å². The summed E-state index contributed by atoms with van der Waals surface area (Å²) >= 11 is 0. The van der Waals surface area contributed by atoms with Crippen LogP contribution >= 0.6 is 0 Å². The van der Waals surface area contributed by atoms with Crippen molar-refractivity contribution in [3.8, 4) is 0 Å². The van der Waals surface area contributed by atoms with Crippen LogP contribution in [0.15, 0.2) is 4.99 Å². The van der Waals surface area contributed by atoms with Crippen LogP contribution in [0.2, 0.25) is 0 Å². The van der Waals surface area contributed by atoms with E-state index in [0.717, 1.165) is 0 Å². The van der Waals surface area contributed by atoms with Gasteiger partial charge in [0.25, 0.3) is 0 Å². The molecule has 0 aromatic heterocycles. The van der Waals surface area contributed by atoms with Gasteiger partial charge >= 0.3 is 0 Å². The molecule has 9 atom stereocenters. The van der Waals surface area contributed by atoms with Crippen LogP contribution in [0.4, 0.5) is 8.78 Å². The van der Waals surface area contributed by atoms with Crippen molar-refractivity contribution in [2.24, 2.45) is 22.6 Å². The number of sulfonamides is 1. The van der Waals surface area contributed by atoms with Crippen LogP contribution in [0.3, 0.4) is 0 Å². The molecule has 0 saturated carbocycles. The lowest BCUT2D eigenvalue weighted by Crippen LogP contribution is -2.67. The van der Waals surface area contributed by atoms with Crippen molar-refractivity contribution < 1.29 is 22.0 Å². The summed E-state index contributed by atoms with van der Waals surface area (Å²) in [6.45, 7) is 3.50. The summed E-state index contributed by atoms with van der Waals surface area (Å²) in [5.41, 5.74) is 6.48. The first-order chi connectivity index (χ1) is 17.5. The SMILES string of the molecule is CC1CC2/N=C\C(F)CCC1NC(N)C2C(=O)NC1CNCC(F)C1N1CCC(S(=O)(=O)N(C)C)CC1. The Morgan fingerprint density at radius 3 is 2.54 bits per heavy atom. The molecule has 212 valence electrons. The summed E-state index contributed by atoms with van der Waals surface area (Å²) in [6, 6.07) is -1.57. The predicted molar refractivity (Wildman–Crippen MR) is 139 cm³/mol. The van der Waals surface area contributed by atoms with Crippen molar-refractivity contribution in [3.05, 3.63) is 0 Å². The number of hydrogen-bond donors (Lipinski definition) is 4. The number of carbonyl (C=O) groups is 1. The van der Waals surface area contributed by atoms with E-state index in [1.807, 2.05) is 4.90 Å². The van der Waals surface area contributed by atoms with Gasteiger partial charge in [-0.25, -0.2) is 21.5 Å². The molecular weight excluding hydrogens is 504 g/mol. The number of carbonyl (C=O) groups excluding carboxylic acids is 1. The van der Waals surface area contributed by atoms with Gasteiger partial charge < -0.3 is 16.4 Å². The zero-order valence-electron chi connectivity index (χ0n) is 22.0. The van der Waals surface area contributed by atoms with E-state index in [9.17, 15) is 17.6 Å². The number of aliphatic imine (C=N–C) groups is 1. The van der Waals surface area contributed by atoms with Gasteiger partial charge in [0.2, 0.25) is 15.9 Å². The number of nitrogens with zero attached hydrogens (tertiary/aromatic N) is 3. The second-order valence-corrected chi connectivity index (χ2v) is 13.8. The van der Waals surface area contributed by atoms with Gasteiger partial charge in [-0.3, -0.25) is 20.0 Å².